The van der Waals surface area contributed by atoms with Crippen molar-refractivity contribution in [1.82, 2.24) is 10.6 Å². The first-order valence-electron chi connectivity index (χ1n) is 6.47. The van der Waals surface area contributed by atoms with E-state index in [1.54, 1.807) is 31.2 Å². The smallest absolute Gasteiger partial charge is 0.239 e. The number of ether oxygens (including phenoxy) is 1. The highest BCUT2D eigenvalue weighted by atomic mass is 35.5. The zero-order valence-corrected chi connectivity index (χ0v) is 12.4. The second-order valence-corrected chi connectivity index (χ2v) is 4.75. The number of halogens is 1. The van der Waals surface area contributed by atoms with Gasteiger partial charge in [-0.05, 0) is 31.2 Å². The summed E-state index contributed by atoms with van der Waals surface area (Å²) in [6.07, 6.45) is 0.186. The summed E-state index contributed by atoms with van der Waals surface area (Å²) in [5, 5.41) is 5.84. The molecular formula is C14H19ClN2O3. The average Bonchev–Trinajstić information content (AvgIpc) is 2.45. The van der Waals surface area contributed by atoms with Crippen LogP contribution in [0.2, 0.25) is 5.02 Å². The number of rotatable bonds is 7. The molecule has 1 rings (SSSR count). The van der Waals surface area contributed by atoms with Gasteiger partial charge in [0.2, 0.25) is 11.8 Å². The topological polar surface area (TPSA) is 67.4 Å². The fourth-order valence-electron chi connectivity index (χ4n) is 1.41. The van der Waals surface area contributed by atoms with E-state index in [1.165, 1.54) is 0 Å². The van der Waals surface area contributed by atoms with Gasteiger partial charge >= 0.3 is 0 Å². The molecule has 1 aromatic carbocycles. The zero-order chi connectivity index (χ0) is 15.0. The summed E-state index contributed by atoms with van der Waals surface area (Å²) in [6, 6.07) is 7.01. The van der Waals surface area contributed by atoms with Crippen molar-refractivity contribution in [3.8, 4) is 5.75 Å². The van der Waals surface area contributed by atoms with E-state index in [0.717, 1.165) is 0 Å². The normalized spacial score (nSPS) is 11.6. The maximum Gasteiger partial charge on any atom is 0.239 e. The van der Waals surface area contributed by atoms with Crippen LogP contribution >= 0.6 is 11.6 Å². The van der Waals surface area contributed by atoms with E-state index >= 15 is 0 Å². The second-order valence-electron chi connectivity index (χ2n) is 4.32. The highest BCUT2D eigenvalue weighted by Crippen LogP contribution is 2.16. The number of benzene rings is 1. The van der Waals surface area contributed by atoms with Crippen LogP contribution in [-0.2, 0) is 9.59 Å². The lowest BCUT2D eigenvalue weighted by Crippen LogP contribution is -2.40. The van der Waals surface area contributed by atoms with Gasteiger partial charge in [0, 0.05) is 11.4 Å². The Morgan fingerprint density at radius 1 is 1.20 bits per heavy atom. The predicted molar refractivity (Wildman–Crippen MR) is 77.9 cm³/mol. The van der Waals surface area contributed by atoms with Crippen LogP contribution in [0.25, 0.3) is 0 Å². The standard InChI is InChI=1S/C14H19ClN2O3/c1-3-13(18)17-9-14(19)16-8-10(2)20-12-6-4-11(15)5-7-12/h4-7,10H,3,8-9H2,1-2H3,(H,16,19)(H,17,18). The Kier molecular flexibility index (Phi) is 6.87. The maximum absolute atomic E-state index is 11.5. The third kappa shape index (κ3) is 6.43. The van der Waals surface area contributed by atoms with Gasteiger partial charge < -0.3 is 15.4 Å². The molecule has 0 aliphatic heterocycles. The SMILES string of the molecule is CCC(=O)NCC(=O)NCC(C)Oc1ccc(Cl)cc1. The van der Waals surface area contributed by atoms with Crippen LogP contribution in [0.4, 0.5) is 0 Å². The van der Waals surface area contributed by atoms with Crippen molar-refractivity contribution >= 4 is 23.4 Å². The second kappa shape index (κ2) is 8.43. The molecule has 0 heterocycles. The molecule has 0 saturated carbocycles. The Bertz CT molecular complexity index is 448. The Balaban J connectivity index is 2.25. The number of hydrogen-bond donors (Lipinski definition) is 2. The van der Waals surface area contributed by atoms with Crippen molar-refractivity contribution < 1.29 is 14.3 Å². The lowest BCUT2D eigenvalue weighted by Gasteiger charge is -2.15. The summed E-state index contributed by atoms with van der Waals surface area (Å²) in [6.45, 7) is 3.93. The summed E-state index contributed by atoms with van der Waals surface area (Å²) in [7, 11) is 0. The van der Waals surface area contributed by atoms with Crippen molar-refractivity contribution in [1.29, 1.82) is 0 Å². The number of amides is 2. The molecule has 0 spiro atoms. The average molecular weight is 299 g/mol. The first-order chi connectivity index (χ1) is 9.51. The van der Waals surface area contributed by atoms with E-state index in [4.69, 9.17) is 16.3 Å². The third-order valence-corrected chi connectivity index (χ3v) is 2.76. The van der Waals surface area contributed by atoms with Gasteiger partial charge in [0.1, 0.15) is 11.9 Å². The van der Waals surface area contributed by atoms with Gasteiger partial charge in [-0.2, -0.15) is 0 Å². The Morgan fingerprint density at radius 3 is 2.45 bits per heavy atom. The molecule has 0 bridgehead atoms. The molecule has 0 fully saturated rings. The lowest BCUT2D eigenvalue weighted by atomic mass is 10.3. The lowest BCUT2D eigenvalue weighted by molar-refractivity contribution is -0.126. The molecule has 110 valence electrons. The summed E-state index contributed by atoms with van der Waals surface area (Å²) in [5.41, 5.74) is 0. The van der Waals surface area contributed by atoms with Crippen molar-refractivity contribution in [3.63, 3.8) is 0 Å². The fourth-order valence-corrected chi connectivity index (χ4v) is 1.54. The molecule has 0 radical (unpaired) electrons. The predicted octanol–water partition coefficient (Wildman–Crippen LogP) is 1.75. The van der Waals surface area contributed by atoms with Gasteiger partial charge in [0.15, 0.2) is 0 Å². The summed E-state index contributed by atoms with van der Waals surface area (Å²) >= 11 is 5.78. The molecular weight excluding hydrogens is 280 g/mol. The largest absolute Gasteiger partial charge is 0.489 e. The Morgan fingerprint density at radius 2 is 1.85 bits per heavy atom. The molecule has 1 atom stereocenters. The van der Waals surface area contributed by atoms with E-state index < -0.39 is 0 Å². The van der Waals surface area contributed by atoms with E-state index in [1.807, 2.05) is 6.92 Å². The molecule has 0 saturated heterocycles. The quantitative estimate of drug-likeness (QED) is 0.806. The van der Waals surface area contributed by atoms with E-state index in [-0.39, 0.29) is 24.5 Å². The number of carbonyl (C=O) groups is 2. The molecule has 2 N–H and O–H groups in total. The van der Waals surface area contributed by atoms with Crippen LogP contribution in [0.15, 0.2) is 24.3 Å². The van der Waals surface area contributed by atoms with Crippen molar-refractivity contribution in [2.45, 2.75) is 26.4 Å². The van der Waals surface area contributed by atoms with Crippen molar-refractivity contribution in [2.75, 3.05) is 13.1 Å². The molecule has 5 nitrogen and oxygen atoms in total. The van der Waals surface area contributed by atoms with E-state index in [9.17, 15) is 9.59 Å². The molecule has 2 amide bonds. The minimum absolute atomic E-state index is 0.0136. The Hall–Kier alpha value is -1.75. The number of carbonyl (C=O) groups excluding carboxylic acids is 2. The first kappa shape index (κ1) is 16.3. The van der Waals surface area contributed by atoms with Crippen LogP contribution in [0, 0.1) is 0 Å². The summed E-state index contributed by atoms with van der Waals surface area (Å²) < 4.78 is 5.61. The van der Waals surface area contributed by atoms with Crippen LogP contribution < -0.4 is 15.4 Å². The van der Waals surface area contributed by atoms with E-state index in [0.29, 0.717) is 23.7 Å². The highest BCUT2D eigenvalue weighted by molar-refractivity contribution is 6.30. The minimum atomic E-state index is -0.238. The van der Waals surface area contributed by atoms with Gasteiger partial charge in [0.05, 0.1) is 13.1 Å². The van der Waals surface area contributed by atoms with Gasteiger partial charge in [-0.3, -0.25) is 9.59 Å². The number of hydrogen-bond acceptors (Lipinski definition) is 3. The van der Waals surface area contributed by atoms with Gasteiger partial charge in [-0.25, -0.2) is 0 Å². The van der Waals surface area contributed by atoms with E-state index in [2.05, 4.69) is 10.6 Å². The Labute approximate surface area is 123 Å². The highest BCUT2D eigenvalue weighted by Gasteiger charge is 2.08. The molecule has 0 aliphatic carbocycles. The molecule has 1 aromatic rings. The number of nitrogens with one attached hydrogen (secondary N) is 2. The third-order valence-electron chi connectivity index (χ3n) is 2.50. The molecule has 0 aromatic heterocycles. The molecule has 1 unspecified atom stereocenters. The summed E-state index contributed by atoms with van der Waals surface area (Å²) in [4.78, 5) is 22.5. The van der Waals surface area contributed by atoms with Crippen LogP contribution in [0.1, 0.15) is 20.3 Å². The maximum atomic E-state index is 11.5. The van der Waals surface area contributed by atoms with Crippen molar-refractivity contribution in [2.24, 2.45) is 0 Å². The first-order valence-corrected chi connectivity index (χ1v) is 6.84. The molecule has 6 heteroatoms. The van der Waals surface area contributed by atoms with Gasteiger partial charge in [-0.1, -0.05) is 18.5 Å². The monoisotopic (exact) mass is 298 g/mol. The zero-order valence-electron chi connectivity index (χ0n) is 11.6. The minimum Gasteiger partial charge on any atom is -0.489 e. The summed E-state index contributed by atoms with van der Waals surface area (Å²) in [5.74, 6) is 0.305. The van der Waals surface area contributed by atoms with Gasteiger partial charge in [0.25, 0.3) is 0 Å². The van der Waals surface area contributed by atoms with Crippen LogP contribution in [0.5, 0.6) is 5.75 Å². The van der Waals surface area contributed by atoms with Crippen molar-refractivity contribution in [3.05, 3.63) is 29.3 Å². The van der Waals surface area contributed by atoms with Gasteiger partial charge in [-0.15, -0.1) is 0 Å². The van der Waals surface area contributed by atoms with Crippen LogP contribution in [-0.4, -0.2) is 31.0 Å². The fraction of sp³-hybridized carbons (Fsp3) is 0.429. The molecule has 20 heavy (non-hydrogen) atoms. The molecule has 0 aliphatic rings. The van der Waals surface area contributed by atoms with Crippen LogP contribution in [0.3, 0.4) is 0 Å².